The second-order valence-corrected chi connectivity index (χ2v) is 9.42. The van der Waals surface area contributed by atoms with Crippen molar-refractivity contribution in [3.63, 3.8) is 0 Å². The van der Waals surface area contributed by atoms with Crippen LogP contribution in [0, 0.1) is 13.8 Å². The van der Waals surface area contributed by atoms with Crippen molar-refractivity contribution in [2.24, 2.45) is 0 Å². The Morgan fingerprint density at radius 3 is 2.71 bits per heavy atom. The molecule has 1 saturated heterocycles. The highest BCUT2D eigenvalue weighted by Gasteiger charge is 2.40. The van der Waals surface area contributed by atoms with Gasteiger partial charge < -0.3 is 0 Å². The number of rotatable bonds is 2. The summed E-state index contributed by atoms with van der Waals surface area (Å²) in [5.74, 6) is 0. The summed E-state index contributed by atoms with van der Waals surface area (Å²) in [6, 6.07) is 10.3. The molecule has 4 rings (SSSR count). The first-order valence-electron chi connectivity index (χ1n) is 8.52. The first-order chi connectivity index (χ1) is 11.4. The highest BCUT2D eigenvalue weighted by atomic mass is 32.2. The molecule has 2 unspecified atom stereocenters. The number of fused-ring (bicyclic) bond motifs is 2. The average molecular weight is 342 g/mol. The van der Waals surface area contributed by atoms with E-state index in [1.165, 1.54) is 5.57 Å². The lowest BCUT2D eigenvalue weighted by Gasteiger charge is -2.33. The highest BCUT2D eigenvalue weighted by Crippen LogP contribution is 2.39. The van der Waals surface area contributed by atoms with E-state index in [4.69, 9.17) is 0 Å². The Labute approximate surface area is 143 Å². The van der Waals surface area contributed by atoms with Crippen LogP contribution in [0.2, 0.25) is 0 Å². The number of sulfone groups is 1. The molecular weight excluding hydrogens is 320 g/mol. The number of aromatic nitrogens is 2. The van der Waals surface area contributed by atoms with E-state index in [0.717, 1.165) is 41.9 Å². The Balaban J connectivity index is 1.75. The number of allylic oxidation sites excluding steroid dienone is 1. The third-order valence-corrected chi connectivity index (χ3v) is 7.75. The zero-order valence-electron chi connectivity index (χ0n) is 14.1. The van der Waals surface area contributed by atoms with Gasteiger partial charge in [0.2, 0.25) is 0 Å². The molecule has 2 aliphatic heterocycles. The molecule has 0 aliphatic carbocycles. The first-order valence-corrected chi connectivity index (χ1v) is 10.1. The minimum absolute atomic E-state index is 0.200. The van der Waals surface area contributed by atoms with Gasteiger partial charge in [-0.1, -0.05) is 24.6 Å². The van der Waals surface area contributed by atoms with Crippen LogP contribution in [0.1, 0.15) is 42.6 Å². The fourth-order valence-electron chi connectivity index (χ4n) is 4.00. The van der Waals surface area contributed by atoms with Gasteiger partial charge in [-0.05, 0) is 62.4 Å². The lowest BCUT2D eigenvalue weighted by Crippen LogP contribution is -2.38. The lowest BCUT2D eigenvalue weighted by molar-refractivity contribution is 0.518. The molecule has 2 atom stereocenters. The highest BCUT2D eigenvalue weighted by molar-refractivity contribution is 7.93. The van der Waals surface area contributed by atoms with Crippen LogP contribution in [0.5, 0.6) is 0 Å². The molecular formula is C19H22N2O2S. The van der Waals surface area contributed by atoms with Crippen molar-refractivity contribution in [1.29, 1.82) is 0 Å². The van der Waals surface area contributed by atoms with Gasteiger partial charge in [0.05, 0.1) is 21.9 Å². The van der Waals surface area contributed by atoms with Gasteiger partial charge >= 0.3 is 0 Å². The predicted octanol–water partition coefficient (Wildman–Crippen LogP) is 3.61. The Morgan fingerprint density at radius 2 is 2.00 bits per heavy atom. The van der Waals surface area contributed by atoms with Crippen molar-refractivity contribution < 1.29 is 8.42 Å². The number of hydrogen-bond acceptors (Lipinski definition) is 3. The molecule has 0 spiro atoms. The smallest absolute Gasteiger partial charge is 0.159 e. The molecule has 1 fully saturated rings. The lowest BCUT2D eigenvalue weighted by atomic mass is 9.93. The molecule has 4 nitrogen and oxygen atoms in total. The van der Waals surface area contributed by atoms with Gasteiger partial charge in [0.1, 0.15) is 0 Å². The monoisotopic (exact) mass is 342 g/mol. The van der Waals surface area contributed by atoms with E-state index < -0.39 is 9.84 Å². The molecule has 2 aromatic rings. The second kappa shape index (κ2) is 5.59. The van der Waals surface area contributed by atoms with E-state index >= 15 is 0 Å². The van der Waals surface area contributed by atoms with Crippen molar-refractivity contribution in [1.82, 2.24) is 9.78 Å². The minimum atomic E-state index is -2.97. The normalized spacial score (nSPS) is 25.3. The summed E-state index contributed by atoms with van der Waals surface area (Å²) in [6.45, 7) is 4.03. The SMILES string of the molecule is Cc1cc(C)n(-c2cccc(C3=CC4CCCC(C3)S4(=O)=O)c2)n1. The molecule has 5 heteroatoms. The molecule has 0 saturated carbocycles. The molecule has 3 heterocycles. The fourth-order valence-corrected chi connectivity index (χ4v) is 6.25. The maximum Gasteiger partial charge on any atom is 0.159 e. The number of aryl methyl sites for hydroxylation is 2. The van der Waals surface area contributed by atoms with Crippen LogP contribution < -0.4 is 0 Å². The molecule has 126 valence electrons. The van der Waals surface area contributed by atoms with Gasteiger partial charge in [-0.3, -0.25) is 0 Å². The van der Waals surface area contributed by atoms with Crippen molar-refractivity contribution in [2.45, 2.75) is 50.0 Å². The van der Waals surface area contributed by atoms with E-state index in [1.807, 2.05) is 36.7 Å². The molecule has 0 radical (unpaired) electrons. The molecule has 1 aromatic heterocycles. The molecule has 0 N–H and O–H groups in total. The third kappa shape index (κ3) is 2.51. The zero-order chi connectivity index (χ0) is 16.9. The Hall–Kier alpha value is -1.88. The van der Waals surface area contributed by atoms with Crippen molar-refractivity contribution in [3.05, 3.63) is 53.4 Å². The van der Waals surface area contributed by atoms with Crippen molar-refractivity contribution in [2.75, 3.05) is 0 Å². The van der Waals surface area contributed by atoms with E-state index in [1.54, 1.807) is 0 Å². The average Bonchev–Trinajstić information content (AvgIpc) is 2.85. The fraction of sp³-hybridized carbons (Fsp3) is 0.421. The Kier molecular flexibility index (Phi) is 3.64. The minimum Gasteiger partial charge on any atom is -0.238 e. The second-order valence-electron chi connectivity index (χ2n) is 6.97. The van der Waals surface area contributed by atoms with Crippen molar-refractivity contribution in [3.8, 4) is 5.69 Å². The maximum absolute atomic E-state index is 12.4. The van der Waals surface area contributed by atoms with Crippen LogP contribution >= 0.6 is 0 Å². The van der Waals surface area contributed by atoms with Gasteiger partial charge in [0, 0.05) is 5.69 Å². The molecule has 24 heavy (non-hydrogen) atoms. The molecule has 2 bridgehead atoms. The van der Waals surface area contributed by atoms with Crippen LogP contribution in [0.3, 0.4) is 0 Å². The standard InChI is InChI=1S/C19H22N2O2S/c1-13-9-14(2)21(20-13)17-6-3-5-15(10-17)16-11-18-7-4-8-19(12-16)24(18,22)23/h3,5-6,9-11,18-19H,4,7-8,12H2,1-2H3. The van der Waals surface area contributed by atoms with Gasteiger partial charge in [-0.2, -0.15) is 5.10 Å². The predicted molar refractivity (Wildman–Crippen MR) is 96.0 cm³/mol. The van der Waals surface area contributed by atoms with Crippen LogP contribution in [0.15, 0.2) is 36.4 Å². The Morgan fingerprint density at radius 1 is 1.17 bits per heavy atom. The summed E-state index contributed by atoms with van der Waals surface area (Å²) in [4.78, 5) is 0. The van der Waals surface area contributed by atoms with E-state index in [9.17, 15) is 8.42 Å². The van der Waals surface area contributed by atoms with Gasteiger partial charge in [-0.15, -0.1) is 0 Å². The van der Waals surface area contributed by atoms with Crippen LogP contribution in [-0.2, 0) is 9.84 Å². The van der Waals surface area contributed by atoms with Crippen LogP contribution in [0.25, 0.3) is 11.3 Å². The van der Waals surface area contributed by atoms with E-state index in [2.05, 4.69) is 23.3 Å². The number of benzene rings is 1. The molecule has 2 aliphatic rings. The van der Waals surface area contributed by atoms with Gasteiger partial charge in [0.25, 0.3) is 0 Å². The molecule has 1 aromatic carbocycles. The van der Waals surface area contributed by atoms with Crippen LogP contribution in [-0.4, -0.2) is 28.7 Å². The third-order valence-electron chi connectivity index (χ3n) is 5.21. The summed E-state index contributed by atoms with van der Waals surface area (Å²) in [5, 5.41) is 4.05. The number of nitrogens with zero attached hydrogens (tertiary/aromatic N) is 2. The quantitative estimate of drug-likeness (QED) is 0.838. The van der Waals surface area contributed by atoms with Crippen molar-refractivity contribution >= 4 is 15.4 Å². The topological polar surface area (TPSA) is 52.0 Å². The summed E-state index contributed by atoms with van der Waals surface area (Å²) < 4.78 is 26.8. The summed E-state index contributed by atoms with van der Waals surface area (Å²) >= 11 is 0. The number of hydrogen-bond donors (Lipinski definition) is 0. The summed E-state index contributed by atoms with van der Waals surface area (Å²) in [7, 11) is -2.97. The van der Waals surface area contributed by atoms with Gasteiger partial charge in [0.15, 0.2) is 9.84 Å². The van der Waals surface area contributed by atoms with Crippen LogP contribution in [0.4, 0.5) is 0 Å². The molecule has 0 amide bonds. The summed E-state index contributed by atoms with van der Waals surface area (Å²) in [6.07, 6.45) is 5.21. The summed E-state index contributed by atoms with van der Waals surface area (Å²) in [5.41, 5.74) is 5.41. The zero-order valence-corrected chi connectivity index (χ0v) is 14.9. The van der Waals surface area contributed by atoms with Gasteiger partial charge in [-0.25, -0.2) is 13.1 Å². The Bertz CT molecular complexity index is 925. The largest absolute Gasteiger partial charge is 0.238 e. The van der Waals surface area contributed by atoms with E-state index in [-0.39, 0.29) is 10.5 Å². The first kappa shape index (κ1) is 15.6. The van der Waals surface area contributed by atoms with E-state index in [0.29, 0.717) is 6.42 Å². The maximum atomic E-state index is 12.4.